The highest BCUT2D eigenvalue weighted by Gasteiger charge is 2.20. The van der Waals surface area contributed by atoms with Crippen molar-refractivity contribution in [3.63, 3.8) is 0 Å². The second kappa shape index (κ2) is 8.08. The third-order valence-corrected chi connectivity index (χ3v) is 4.72. The van der Waals surface area contributed by atoms with Crippen LogP contribution in [0.1, 0.15) is 17.9 Å². The number of carbonyl (C=O) groups excluding carboxylic acids is 1. The van der Waals surface area contributed by atoms with Crippen molar-refractivity contribution in [2.24, 2.45) is 5.92 Å². The quantitative estimate of drug-likeness (QED) is 0.727. The summed E-state index contributed by atoms with van der Waals surface area (Å²) in [6.07, 6.45) is 3.48. The summed E-state index contributed by atoms with van der Waals surface area (Å²) in [6, 6.07) is 17.9. The van der Waals surface area contributed by atoms with E-state index < -0.39 is 0 Å². The molecule has 0 fully saturated rings. The zero-order chi connectivity index (χ0) is 18.5. The third-order valence-electron chi connectivity index (χ3n) is 4.72. The summed E-state index contributed by atoms with van der Waals surface area (Å²) in [4.78, 5) is 16.4. The number of aromatic nitrogens is 1. The van der Waals surface area contributed by atoms with Crippen molar-refractivity contribution in [1.29, 1.82) is 0 Å². The van der Waals surface area contributed by atoms with Crippen LogP contribution < -0.4 is 10.1 Å². The Bertz CT molecular complexity index is 905. The predicted octanol–water partition coefficient (Wildman–Crippen LogP) is 3.64. The van der Waals surface area contributed by atoms with E-state index in [1.54, 1.807) is 6.20 Å². The zero-order valence-corrected chi connectivity index (χ0v) is 15.1. The molecule has 5 nitrogen and oxygen atoms in total. The van der Waals surface area contributed by atoms with Gasteiger partial charge in [0.25, 0.3) is 0 Å². The molecule has 3 aromatic rings. The summed E-state index contributed by atoms with van der Waals surface area (Å²) < 4.78 is 11.5. The molecule has 1 amide bonds. The number of hydrogen-bond acceptors (Lipinski definition) is 4. The summed E-state index contributed by atoms with van der Waals surface area (Å²) >= 11 is 0. The molecule has 0 saturated heterocycles. The first-order valence-electron chi connectivity index (χ1n) is 9.25. The van der Waals surface area contributed by atoms with Crippen molar-refractivity contribution in [2.75, 3.05) is 13.2 Å². The van der Waals surface area contributed by atoms with Gasteiger partial charge in [-0.1, -0.05) is 48.5 Å². The van der Waals surface area contributed by atoms with Crippen LogP contribution in [0.3, 0.4) is 0 Å². The fourth-order valence-corrected chi connectivity index (χ4v) is 3.25. The Morgan fingerprint density at radius 2 is 1.93 bits per heavy atom. The molecule has 0 aliphatic carbocycles. The van der Waals surface area contributed by atoms with Crippen LogP contribution in [0.15, 0.2) is 65.2 Å². The lowest BCUT2D eigenvalue weighted by Crippen LogP contribution is -2.34. The van der Waals surface area contributed by atoms with Crippen LogP contribution in [-0.2, 0) is 17.6 Å². The number of nitrogens with one attached hydrogen (secondary N) is 1. The van der Waals surface area contributed by atoms with E-state index in [2.05, 4.69) is 16.4 Å². The third kappa shape index (κ3) is 4.37. The first-order chi connectivity index (χ1) is 13.3. The Labute approximate surface area is 158 Å². The number of ether oxygens (including phenoxy) is 1. The van der Waals surface area contributed by atoms with Gasteiger partial charge in [-0.2, -0.15) is 0 Å². The van der Waals surface area contributed by atoms with Crippen LogP contribution >= 0.6 is 0 Å². The van der Waals surface area contributed by atoms with Crippen LogP contribution in [0.5, 0.6) is 5.75 Å². The molecule has 0 radical (unpaired) electrons. The molecule has 1 aromatic heterocycles. The second-order valence-corrected chi connectivity index (χ2v) is 6.78. The summed E-state index contributed by atoms with van der Waals surface area (Å²) in [6.45, 7) is 1.26. The molecule has 1 aliphatic heterocycles. The number of aryl methyl sites for hydroxylation is 1. The van der Waals surface area contributed by atoms with Crippen LogP contribution in [0.25, 0.3) is 11.3 Å². The van der Waals surface area contributed by atoms with E-state index in [-0.39, 0.29) is 5.91 Å². The summed E-state index contributed by atoms with van der Waals surface area (Å²) in [5.74, 6) is 2.57. The van der Waals surface area contributed by atoms with Crippen LogP contribution in [0.2, 0.25) is 0 Å². The van der Waals surface area contributed by atoms with Gasteiger partial charge in [-0.15, -0.1) is 0 Å². The van der Waals surface area contributed by atoms with Gasteiger partial charge in [-0.3, -0.25) is 4.79 Å². The van der Waals surface area contributed by atoms with E-state index in [4.69, 9.17) is 9.15 Å². The molecule has 0 spiro atoms. The van der Waals surface area contributed by atoms with Gasteiger partial charge >= 0.3 is 0 Å². The highest BCUT2D eigenvalue weighted by molar-refractivity contribution is 5.76. The molecular formula is C22H22N2O3. The van der Waals surface area contributed by atoms with Gasteiger partial charge in [-0.05, 0) is 18.1 Å². The molecule has 1 unspecified atom stereocenters. The topological polar surface area (TPSA) is 64.4 Å². The summed E-state index contributed by atoms with van der Waals surface area (Å²) in [7, 11) is 0. The monoisotopic (exact) mass is 362 g/mol. The zero-order valence-electron chi connectivity index (χ0n) is 15.1. The molecule has 27 heavy (non-hydrogen) atoms. The Morgan fingerprint density at radius 3 is 2.81 bits per heavy atom. The van der Waals surface area contributed by atoms with Crippen LogP contribution in [0.4, 0.5) is 0 Å². The van der Waals surface area contributed by atoms with Crippen molar-refractivity contribution in [3.8, 4) is 17.1 Å². The molecule has 2 heterocycles. The maximum absolute atomic E-state index is 12.2. The number of oxazole rings is 1. The highest BCUT2D eigenvalue weighted by Crippen LogP contribution is 2.26. The van der Waals surface area contributed by atoms with E-state index in [1.165, 1.54) is 5.56 Å². The molecule has 1 N–H and O–H groups in total. The van der Waals surface area contributed by atoms with E-state index >= 15 is 0 Å². The van der Waals surface area contributed by atoms with Crippen molar-refractivity contribution in [1.82, 2.24) is 10.3 Å². The number of nitrogens with zero attached hydrogens (tertiary/aromatic N) is 1. The maximum Gasteiger partial charge on any atom is 0.220 e. The summed E-state index contributed by atoms with van der Waals surface area (Å²) in [5, 5.41) is 3.00. The van der Waals surface area contributed by atoms with E-state index in [1.807, 2.05) is 48.5 Å². The predicted molar refractivity (Wildman–Crippen MR) is 102 cm³/mol. The number of benzene rings is 2. The van der Waals surface area contributed by atoms with Gasteiger partial charge < -0.3 is 14.5 Å². The number of rotatable bonds is 6. The maximum atomic E-state index is 12.2. The standard InChI is InChI=1S/C22H22N2O3/c25-21(23-13-16-12-18-8-4-5-9-19(18)26-15-16)10-11-22-24-14-20(27-22)17-6-2-1-3-7-17/h1-9,14,16H,10-13,15H2,(H,23,25). The van der Waals surface area contributed by atoms with Gasteiger partial charge in [0.2, 0.25) is 5.91 Å². The normalized spacial score (nSPS) is 15.6. The molecule has 4 rings (SSSR count). The first kappa shape index (κ1) is 17.3. The van der Waals surface area contributed by atoms with Crippen molar-refractivity contribution < 1.29 is 13.9 Å². The fraction of sp³-hybridized carbons (Fsp3) is 0.273. The highest BCUT2D eigenvalue weighted by atomic mass is 16.5. The number of amides is 1. The van der Waals surface area contributed by atoms with Crippen LogP contribution in [0, 0.1) is 5.92 Å². The van der Waals surface area contributed by atoms with Crippen molar-refractivity contribution in [3.05, 3.63) is 72.2 Å². The molecular weight excluding hydrogens is 340 g/mol. The van der Waals surface area contributed by atoms with Gasteiger partial charge in [0.15, 0.2) is 11.7 Å². The largest absolute Gasteiger partial charge is 0.493 e. The Kier molecular flexibility index (Phi) is 5.19. The van der Waals surface area contributed by atoms with Gasteiger partial charge in [0.05, 0.1) is 12.8 Å². The average Bonchev–Trinajstić information content (AvgIpc) is 3.20. The number of fused-ring (bicyclic) bond motifs is 1. The van der Waals surface area contributed by atoms with Gasteiger partial charge in [0, 0.05) is 30.9 Å². The first-order valence-corrected chi connectivity index (χ1v) is 9.25. The Morgan fingerprint density at radius 1 is 1.11 bits per heavy atom. The van der Waals surface area contributed by atoms with Crippen molar-refractivity contribution in [2.45, 2.75) is 19.3 Å². The van der Waals surface area contributed by atoms with E-state index in [0.717, 1.165) is 23.5 Å². The molecule has 1 aliphatic rings. The minimum absolute atomic E-state index is 0.00770. The van der Waals surface area contributed by atoms with Gasteiger partial charge in [0.1, 0.15) is 5.75 Å². The van der Waals surface area contributed by atoms with E-state index in [0.29, 0.717) is 37.8 Å². The lowest BCUT2D eigenvalue weighted by atomic mass is 9.97. The van der Waals surface area contributed by atoms with E-state index in [9.17, 15) is 4.79 Å². The number of carbonyl (C=O) groups is 1. The van der Waals surface area contributed by atoms with Gasteiger partial charge in [-0.25, -0.2) is 4.98 Å². The molecule has 0 saturated carbocycles. The fourth-order valence-electron chi connectivity index (χ4n) is 3.25. The average molecular weight is 362 g/mol. The SMILES string of the molecule is O=C(CCc1ncc(-c2ccccc2)o1)NCC1COc2ccccc2C1. The summed E-state index contributed by atoms with van der Waals surface area (Å²) in [5.41, 5.74) is 2.19. The minimum Gasteiger partial charge on any atom is -0.493 e. The Hall–Kier alpha value is -3.08. The molecule has 0 bridgehead atoms. The Balaban J connectivity index is 1.23. The lowest BCUT2D eigenvalue weighted by Gasteiger charge is -2.25. The van der Waals surface area contributed by atoms with Crippen molar-refractivity contribution >= 4 is 5.91 Å². The molecule has 2 aromatic carbocycles. The minimum atomic E-state index is 0.00770. The number of hydrogen-bond donors (Lipinski definition) is 1. The smallest absolute Gasteiger partial charge is 0.220 e. The molecule has 1 atom stereocenters. The van der Waals surface area contributed by atoms with Crippen LogP contribution in [-0.4, -0.2) is 24.0 Å². The molecule has 5 heteroatoms. The number of para-hydroxylation sites is 1. The molecule has 138 valence electrons. The second-order valence-electron chi connectivity index (χ2n) is 6.78. The lowest BCUT2D eigenvalue weighted by molar-refractivity contribution is -0.121.